The van der Waals surface area contributed by atoms with E-state index in [4.69, 9.17) is 0 Å². The summed E-state index contributed by atoms with van der Waals surface area (Å²) >= 11 is 1.87. The summed E-state index contributed by atoms with van der Waals surface area (Å²) < 4.78 is 5.03. The molecule has 2 aromatic heterocycles. The molecule has 230 valence electrons. The van der Waals surface area contributed by atoms with Crippen LogP contribution in [0.5, 0.6) is 0 Å². The number of anilines is 3. The van der Waals surface area contributed by atoms with Crippen molar-refractivity contribution in [3.63, 3.8) is 0 Å². The second-order valence-electron chi connectivity index (χ2n) is 12.5. The third-order valence-electron chi connectivity index (χ3n) is 9.75. The van der Waals surface area contributed by atoms with Crippen LogP contribution < -0.4 is 4.90 Å². The molecule has 0 aliphatic carbocycles. The van der Waals surface area contributed by atoms with Crippen LogP contribution in [0.2, 0.25) is 0 Å². The van der Waals surface area contributed by atoms with Crippen molar-refractivity contribution in [1.82, 2.24) is 4.57 Å². The fraction of sp³-hybridized carbons (Fsp3) is 0. The molecule has 0 fully saturated rings. The molecule has 0 aliphatic rings. The Balaban J connectivity index is 1.34. The zero-order chi connectivity index (χ0) is 32.3. The molecule has 2 heterocycles. The van der Waals surface area contributed by atoms with Crippen molar-refractivity contribution in [3.8, 4) is 16.8 Å². The van der Waals surface area contributed by atoms with Gasteiger partial charge in [-0.05, 0) is 65.0 Å². The van der Waals surface area contributed by atoms with Crippen molar-refractivity contribution in [1.29, 1.82) is 0 Å². The summed E-state index contributed by atoms with van der Waals surface area (Å²) in [6, 6.07) is 66.1. The van der Waals surface area contributed by atoms with Gasteiger partial charge in [0.15, 0.2) is 0 Å². The molecule has 0 radical (unpaired) electrons. The molecule has 3 heteroatoms. The van der Waals surface area contributed by atoms with Crippen molar-refractivity contribution in [3.05, 3.63) is 182 Å². The van der Waals surface area contributed by atoms with E-state index in [1.165, 1.54) is 69.6 Å². The largest absolute Gasteiger partial charge is 0.309 e. The van der Waals surface area contributed by atoms with Gasteiger partial charge in [-0.1, -0.05) is 133 Å². The first-order chi connectivity index (χ1) is 24.3. The number of para-hydroxylation sites is 1. The highest BCUT2D eigenvalue weighted by Gasteiger charge is 2.24. The lowest BCUT2D eigenvalue weighted by atomic mass is 10.0. The SMILES string of the molecule is c1ccc(-c2cccc(N(c3cccc4c3sc3ccccc34)c3cccc4c3c3ccc5ccccc5c3n4-c3ccccc3)c2)cc1. The molecule has 0 unspecified atom stereocenters. The predicted molar refractivity (Wildman–Crippen MR) is 211 cm³/mol. The van der Waals surface area contributed by atoms with Gasteiger partial charge in [-0.2, -0.15) is 0 Å². The molecule has 0 atom stereocenters. The molecule has 0 aliphatic heterocycles. The fourth-order valence-corrected chi connectivity index (χ4v) is 8.82. The molecular formula is C46H30N2S. The van der Waals surface area contributed by atoms with Crippen LogP contribution >= 0.6 is 11.3 Å². The van der Waals surface area contributed by atoms with E-state index in [-0.39, 0.29) is 0 Å². The zero-order valence-electron chi connectivity index (χ0n) is 26.6. The summed E-state index contributed by atoms with van der Waals surface area (Å²) in [5.41, 5.74) is 9.42. The van der Waals surface area contributed by atoms with Crippen LogP contribution in [0.25, 0.3) is 69.6 Å². The monoisotopic (exact) mass is 642 g/mol. The summed E-state index contributed by atoms with van der Waals surface area (Å²) in [5.74, 6) is 0. The van der Waals surface area contributed by atoms with Crippen LogP contribution in [0.4, 0.5) is 17.1 Å². The molecule has 0 saturated heterocycles. The number of hydrogen-bond donors (Lipinski definition) is 0. The van der Waals surface area contributed by atoms with E-state index in [0.29, 0.717) is 0 Å². The number of hydrogen-bond acceptors (Lipinski definition) is 2. The minimum absolute atomic E-state index is 1.13. The minimum Gasteiger partial charge on any atom is -0.309 e. The third-order valence-corrected chi connectivity index (χ3v) is 11.0. The first-order valence-corrected chi connectivity index (χ1v) is 17.5. The molecule has 0 amide bonds. The highest BCUT2D eigenvalue weighted by molar-refractivity contribution is 7.26. The first kappa shape index (κ1) is 27.9. The fourth-order valence-electron chi connectivity index (χ4n) is 7.61. The second-order valence-corrected chi connectivity index (χ2v) is 13.6. The number of thiophene rings is 1. The maximum absolute atomic E-state index is 2.50. The smallest absolute Gasteiger partial charge is 0.0640 e. The van der Waals surface area contributed by atoms with Gasteiger partial charge in [0.05, 0.1) is 27.1 Å². The van der Waals surface area contributed by atoms with E-state index in [9.17, 15) is 0 Å². The lowest BCUT2D eigenvalue weighted by molar-refractivity contribution is 1.18. The van der Waals surface area contributed by atoms with E-state index in [1.807, 2.05) is 11.3 Å². The number of aromatic nitrogens is 1. The average molecular weight is 643 g/mol. The molecule has 8 aromatic carbocycles. The Kier molecular flexibility index (Phi) is 6.39. The topological polar surface area (TPSA) is 8.17 Å². The number of nitrogens with zero attached hydrogens (tertiary/aromatic N) is 2. The lowest BCUT2D eigenvalue weighted by Crippen LogP contribution is -2.10. The van der Waals surface area contributed by atoms with Crippen LogP contribution in [0.3, 0.4) is 0 Å². The van der Waals surface area contributed by atoms with E-state index >= 15 is 0 Å². The number of fused-ring (bicyclic) bond motifs is 8. The van der Waals surface area contributed by atoms with Gasteiger partial charge in [0.2, 0.25) is 0 Å². The minimum atomic E-state index is 1.13. The summed E-state index contributed by atoms with van der Waals surface area (Å²) in [5, 5.41) is 7.53. The normalized spacial score (nSPS) is 11.7. The summed E-state index contributed by atoms with van der Waals surface area (Å²) in [6.45, 7) is 0. The summed E-state index contributed by atoms with van der Waals surface area (Å²) in [6.07, 6.45) is 0. The predicted octanol–water partition coefficient (Wildman–Crippen LogP) is 13.4. The van der Waals surface area contributed by atoms with Gasteiger partial charge in [0, 0.05) is 43.0 Å². The van der Waals surface area contributed by atoms with E-state index in [0.717, 1.165) is 17.1 Å². The Bertz CT molecular complexity index is 2830. The van der Waals surface area contributed by atoms with E-state index in [1.54, 1.807) is 0 Å². The zero-order valence-corrected chi connectivity index (χ0v) is 27.4. The summed E-state index contributed by atoms with van der Waals surface area (Å²) in [7, 11) is 0. The third kappa shape index (κ3) is 4.40. The van der Waals surface area contributed by atoms with Crippen LogP contribution in [0.15, 0.2) is 182 Å². The highest BCUT2D eigenvalue weighted by atomic mass is 32.1. The van der Waals surface area contributed by atoms with E-state index < -0.39 is 0 Å². The Morgan fingerprint density at radius 3 is 2.00 bits per heavy atom. The van der Waals surface area contributed by atoms with Gasteiger partial charge >= 0.3 is 0 Å². The molecule has 0 bridgehead atoms. The van der Waals surface area contributed by atoms with Crippen LogP contribution in [0.1, 0.15) is 0 Å². The lowest BCUT2D eigenvalue weighted by Gasteiger charge is -2.27. The van der Waals surface area contributed by atoms with Crippen LogP contribution in [0, 0.1) is 0 Å². The molecule has 49 heavy (non-hydrogen) atoms. The van der Waals surface area contributed by atoms with E-state index in [2.05, 4.69) is 191 Å². The molecule has 0 N–H and O–H groups in total. The molecule has 10 rings (SSSR count). The van der Waals surface area contributed by atoms with Crippen molar-refractivity contribution >= 4 is 81.1 Å². The molecular weight excluding hydrogens is 613 g/mol. The van der Waals surface area contributed by atoms with Gasteiger partial charge < -0.3 is 9.47 Å². The standard InChI is InChI=1S/C46H30N2S/c1-3-14-31(15-4-1)33-17-11-20-35(30-33)47(42-26-12-23-38-37-22-9-10-27-43(37)49-46(38)42)40-24-13-25-41-44(40)39-29-28-32-16-7-8-21-36(32)45(39)48(41)34-18-5-2-6-19-34/h1-30H. The van der Waals surface area contributed by atoms with Crippen molar-refractivity contribution in [2.75, 3.05) is 4.90 Å². The van der Waals surface area contributed by atoms with Crippen molar-refractivity contribution < 1.29 is 0 Å². The van der Waals surface area contributed by atoms with Crippen LogP contribution in [-0.4, -0.2) is 4.57 Å². The van der Waals surface area contributed by atoms with Gasteiger partial charge in [-0.15, -0.1) is 11.3 Å². The molecule has 0 saturated carbocycles. The number of benzene rings is 8. The van der Waals surface area contributed by atoms with Crippen LogP contribution in [-0.2, 0) is 0 Å². The van der Waals surface area contributed by atoms with Gasteiger partial charge in [0.25, 0.3) is 0 Å². The quantitative estimate of drug-likeness (QED) is 0.181. The second kappa shape index (κ2) is 11.2. The Labute approximate surface area is 288 Å². The highest BCUT2D eigenvalue weighted by Crippen LogP contribution is 2.49. The molecule has 0 spiro atoms. The Morgan fingerprint density at radius 1 is 0.449 bits per heavy atom. The first-order valence-electron chi connectivity index (χ1n) is 16.7. The maximum atomic E-state index is 2.50. The van der Waals surface area contributed by atoms with Crippen molar-refractivity contribution in [2.24, 2.45) is 0 Å². The van der Waals surface area contributed by atoms with Gasteiger partial charge in [-0.3, -0.25) is 0 Å². The van der Waals surface area contributed by atoms with Crippen molar-refractivity contribution in [2.45, 2.75) is 0 Å². The summed E-state index contributed by atoms with van der Waals surface area (Å²) in [4.78, 5) is 2.50. The average Bonchev–Trinajstić information content (AvgIpc) is 3.73. The molecule has 2 nitrogen and oxygen atoms in total. The van der Waals surface area contributed by atoms with Gasteiger partial charge in [-0.25, -0.2) is 0 Å². The van der Waals surface area contributed by atoms with Gasteiger partial charge in [0.1, 0.15) is 0 Å². The number of rotatable bonds is 5. The Hall–Kier alpha value is -6.16. The Morgan fingerprint density at radius 2 is 1.12 bits per heavy atom. The molecule has 10 aromatic rings. The maximum Gasteiger partial charge on any atom is 0.0640 e.